The van der Waals surface area contributed by atoms with Crippen molar-refractivity contribution in [3.05, 3.63) is 17.0 Å². The van der Waals surface area contributed by atoms with Crippen molar-refractivity contribution in [2.24, 2.45) is 5.73 Å². The second kappa shape index (κ2) is 6.59. The first-order valence-corrected chi connectivity index (χ1v) is 7.10. The number of ether oxygens (including phenoxy) is 1. The first-order chi connectivity index (χ1) is 10.4. The molecule has 120 valence electrons. The predicted octanol–water partition coefficient (Wildman–Crippen LogP) is 0.315. The number of likely N-dealkylation sites (tertiary alicyclic amines) is 1. The zero-order chi connectivity index (χ0) is 16.3. The van der Waals surface area contributed by atoms with Gasteiger partial charge in [0.05, 0.1) is 5.69 Å². The summed E-state index contributed by atoms with van der Waals surface area (Å²) in [6, 6.07) is -0.626. The lowest BCUT2D eigenvalue weighted by atomic mass is 10.0. The summed E-state index contributed by atoms with van der Waals surface area (Å²) in [5.74, 6) is -1.30. The van der Waals surface area contributed by atoms with Crippen LogP contribution in [0.2, 0.25) is 0 Å². The highest BCUT2D eigenvalue weighted by Gasteiger charge is 2.31. The third kappa shape index (κ3) is 3.26. The van der Waals surface area contributed by atoms with E-state index in [4.69, 9.17) is 15.0 Å². The van der Waals surface area contributed by atoms with Crippen LogP contribution in [0.1, 0.15) is 41.1 Å². The van der Waals surface area contributed by atoms with Crippen LogP contribution in [-0.4, -0.2) is 47.0 Å². The molecule has 22 heavy (non-hydrogen) atoms. The molecule has 0 aliphatic carbocycles. The number of primary amides is 1. The van der Waals surface area contributed by atoms with Gasteiger partial charge in [-0.2, -0.15) is 0 Å². The molecule has 1 fully saturated rings. The Bertz CT molecular complexity index is 576. The molecule has 2 N–H and O–H groups in total. The summed E-state index contributed by atoms with van der Waals surface area (Å²) >= 11 is 0. The van der Waals surface area contributed by atoms with E-state index in [0.29, 0.717) is 24.4 Å². The maximum atomic E-state index is 12.2. The Balaban J connectivity index is 1.97. The van der Waals surface area contributed by atoms with Crippen molar-refractivity contribution in [2.45, 2.75) is 39.2 Å². The molecule has 0 spiro atoms. The van der Waals surface area contributed by atoms with Crippen LogP contribution < -0.4 is 5.73 Å². The summed E-state index contributed by atoms with van der Waals surface area (Å²) in [5, 5.41) is 3.66. The standard InChI is InChI=1S/C14H19N3O5/c1-8-12(9(2)22-16-8)14(20)21-7-11(18)17-6-4-3-5-10(17)13(15)19/h10H,3-7H2,1-2H3,(H2,15,19)/t10-/m1/s1. The summed E-state index contributed by atoms with van der Waals surface area (Å²) in [4.78, 5) is 36.9. The Kier molecular flexibility index (Phi) is 4.79. The Morgan fingerprint density at radius 1 is 1.36 bits per heavy atom. The molecule has 1 aliphatic heterocycles. The minimum Gasteiger partial charge on any atom is -0.452 e. The van der Waals surface area contributed by atoms with E-state index < -0.39 is 30.4 Å². The van der Waals surface area contributed by atoms with Gasteiger partial charge < -0.3 is 19.9 Å². The summed E-state index contributed by atoms with van der Waals surface area (Å²) in [6.07, 6.45) is 2.18. The minimum atomic E-state index is -0.669. The number of carbonyl (C=O) groups is 3. The van der Waals surface area contributed by atoms with Crippen molar-refractivity contribution < 1.29 is 23.6 Å². The molecule has 0 radical (unpaired) electrons. The van der Waals surface area contributed by atoms with Gasteiger partial charge in [0, 0.05) is 6.54 Å². The fourth-order valence-corrected chi connectivity index (χ4v) is 2.58. The molecule has 8 nitrogen and oxygen atoms in total. The molecule has 2 heterocycles. The van der Waals surface area contributed by atoms with Crippen molar-refractivity contribution in [3.8, 4) is 0 Å². The van der Waals surface area contributed by atoms with E-state index in [1.165, 1.54) is 4.90 Å². The van der Waals surface area contributed by atoms with E-state index in [9.17, 15) is 14.4 Å². The number of hydrogen-bond acceptors (Lipinski definition) is 6. The quantitative estimate of drug-likeness (QED) is 0.800. The maximum Gasteiger partial charge on any atom is 0.344 e. The monoisotopic (exact) mass is 309 g/mol. The number of hydrogen-bond donors (Lipinski definition) is 1. The molecule has 1 aliphatic rings. The third-order valence-corrected chi connectivity index (χ3v) is 3.72. The number of aryl methyl sites for hydroxylation is 2. The number of carbonyl (C=O) groups excluding carboxylic acids is 3. The topological polar surface area (TPSA) is 116 Å². The van der Waals surface area contributed by atoms with Gasteiger partial charge in [0.25, 0.3) is 5.91 Å². The number of rotatable bonds is 4. The van der Waals surface area contributed by atoms with Gasteiger partial charge in [-0.05, 0) is 33.1 Å². The number of nitrogens with two attached hydrogens (primary N) is 1. The van der Waals surface area contributed by atoms with Gasteiger partial charge >= 0.3 is 5.97 Å². The van der Waals surface area contributed by atoms with Crippen molar-refractivity contribution in [3.63, 3.8) is 0 Å². The van der Waals surface area contributed by atoms with E-state index >= 15 is 0 Å². The van der Waals surface area contributed by atoms with Gasteiger partial charge in [-0.1, -0.05) is 5.16 Å². The molecule has 2 amide bonds. The van der Waals surface area contributed by atoms with Crippen molar-refractivity contribution >= 4 is 17.8 Å². The molecule has 0 bridgehead atoms. The molecule has 1 aromatic heterocycles. The number of amides is 2. The predicted molar refractivity (Wildman–Crippen MR) is 74.8 cm³/mol. The average molecular weight is 309 g/mol. The molecule has 8 heteroatoms. The van der Waals surface area contributed by atoms with Gasteiger partial charge in [-0.25, -0.2) is 4.79 Å². The number of nitrogens with zero attached hydrogens (tertiary/aromatic N) is 2. The molecule has 0 aromatic carbocycles. The fourth-order valence-electron chi connectivity index (χ4n) is 2.58. The normalized spacial score (nSPS) is 18.1. The molecule has 2 rings (SSSR count). The maximum absolute atomic E-state index is 12.2. The zero-order valence-corrected chi connectivity index (χ0v) is 12.6. The fraction of sp³-hybridized carbons (Fsp3) is 0.571. The molecular weight excluding hydrogens is 290 g/mol. The summed E-state index contributed by atoms with van der Waals surface area (Å²) in [7, 11) is 0. The second-order valence-electron chi connectivity index (χ2n) is 5.28. The summed E-state index contributed by atoms with van der Waals surface area (Å²) in [6.45, 7) is 3.21. The SMILES string of the molecule is Cc1noc(C)c1C(=O)OCC(=O)N1CCCC[C@@H]1C(N)=O. The number of esters is 1. The Labute approximate surface area is 127 Å². The van der Waals surface area contributed by atoms with E-state index in [1.54, 1.807) is 13.8 Å². The van der Waals surface area contributed by atoms with E-state index in [2.05, 4.69) is 5.16 Å². The molecule has 1 atom stereocenters. The largest absolute Gasteiger partial charge is 0.452 e. The molecule has 1 aromatic rings. The van der Waals surface area contributed by atoms with Crippen molar-refractivity contribution in [1.82, 2.24) is 10.1 Å². The summed E-state index contributed by atoms with van der Waals surface area (Å²) < 4.78 is 9.89. The highest BCUT2D eigenvalue weighted by atomic mass is 16.5. The van der Waals surface area contributed by atoms with Gasteiger partial charge in [-0.3, -0.25) is 9.59 Å². The van der Waals surface area contributed by atoms with Gasteiger partial charge in [0.15, 0.2) is 6.61 Å². The van der Waals surface area contributed by atoms with Crippen LogP contribution >= 0.6 is 0 Å². The van der Waals surface area contributed by atoms with Crippen LogP contribution in [0, 0.1) is 13.8 Å². The molecule has 0 saturated carbocycles. The van der Waals surface area contributed by atoms with Crippen LogP contribution in [0.4, 0.5) is 0 Å². The number of piperidine rings is 1. The van der Waals surface area contributed by atoms with Crippen molar-refractivity contribution in [1.29, 1.82) is 0 Å². The molecule has 0 unspecified atom stereocenters. The Hall–Kier alpha value is -2.38. The van der Waals surface area contributed by atoms with Crippen LogP contribution in [-0.2, 0) is 14.3 Å². The Morgan fingerprint density at radius 3 is 2.68 bits per heavy atom. The van der Waals surface area contributed by atoms with Gasteiger partial charge in [0.1, 0.15) is 17.4 Å². The van der Waals surface area contributed by atoms with Crippen LogP contribution in [0.15, 0.2) is 4.52 Å². The lowest BCUT2D eigenvalue weighted by Crippen LogP contribution is -2.51. The lowest BCUT2D eigenvalue weighted by molar-refractivity contribution is -0.143. The zero-order valence-electron chi connectivity index (χ0n) is 12.6. The third-order valence-electron chi connectivity index (χ3n) is 3.72. The van der Waals surface area contributed by atoms with Gasteiger partial charge in [0.2, 0.25) is 5.91 Å². The summed E-state index contributed by atoms with van der Waals surface area (Å²) in [5.41, 5.74) is 5.93. The molecular formula is C14H19N3O5. The lowest BCUT2D eigenvalue weighted by Gasteiger charge is -2.33. The van der Waals surface area contributed by atoms with Crippen LogP contribution in [0.5, 0.6) is 0 Å². The Morgan fingerprint density at radius 2 is 2.09 bits per heavy atom. The first kappa shape index (κ1) is 16.0. The average Bonchev–Trinajstić information content (AvgIpc) is 2.83. The smallest absolute Gasteiger partial charge is 0.344 e. The number of aromatic nitrogens is 1. The van der Waals surface area contributed by atoms with E-state index in [1.807, 2.05) is 0 Å². The van der Waals surface area contributed by atoms with Gasteiger partial charge in [-0.15, -0.1) is 0 Å². The molecule has 1 saturated heterocycles. The van der Waals surface area contributed by atoms with Crippen LogP contribution in [0.3, 0.4) is 0 Å². The second-order valence-corrected chi connectivity index (χ2v) is 5.28. The van der Waals surface area contributed by atoms with Crippen molar-refractivity contribution in [2.75, 3.05) is 13.2 Å². The first-order valence-electron chi connectivity index (χ1n) is 7.10. The van der Waals surface area contributed by atoms with Crippen LogP contribution in [0.25, 0.3) is 0 Å². The highest BCUT2D eigenvalue weighted by molar-refractivity contribution is 5.93. The van der Waals surface area contributed by atoms with E-state index in [-0.39, 0.29) is 5.56 Å². The minimum absolute atomic E-state index is 0.220. The van der Waals surface area contributed by atoms with E-state index in [0.717, 1.165) is 12.8 Å². The highest BCUT2D eigenvalue weighted by Crippen LogP contribution is 2.18.